The lowest BCUT2D eigenvalue weighted by Crippen LogP contribution is -2.45. The number of benzene rings is 1. The van der Waals surface area contributed by atoms with Crippen LogP contribution in [0, 0.1) is 19.8 Å². The van der Waals surface area contributed by atoms with Crippen molar-refractivity contribution in [3.8, 4) is 0 Å². The van der Waals surface area contributed by atoms with Crippen molar-refractivity contribution in [2.75, 3.05) is 13.1 Å². The zero-order valence-electron chi connectivity index (χ0n) is 20.8. The Bertz CT molecular complexity index is 1120. The summed E-state index contributed by atoms with van der Waals surface area (Å²) in [6.45, 7) is 4.30. The topological polar surface area (TPSA) is 92.5 Å². The van der Waals surface area contributed by atoms with Gasteiger partial charge in [0.15, 0.2) is 10.7 Å². The number of piperidine rings is 1. The average molecular weight is 500 g/mol. The summed E-state index contributed by atoms with van der Waals surface area (Å²) < 4.78 is 33.8. The molecular weight excluding hydrogens is 462 g/mol. The van der Waals surface area contributed by atoms with E-state index >= 15 is 0 Å². The number of aromatic nitrogens is 1. The van der Waals surface area contributed by atoms with Gasteiger partial charge in [0, 0.05) is 25.0 Å². The molecule has 1 N–H and O–H groups in total. The zero-order chi connectivity index (χ0) is 24.8. The van der Waals surface area contributed by atoms with Gasteiger partial charge >= 0.3 is 0 Å². The Hall–Kier alpha value is -2.45. The van der Waals surface area contributed by atoms with E-state index < -0.39 is 10.0 Å². The summed E-state index contributed by atoms with van der Waals surface area (Å²) in [5.41, 5.74) is 2.45. The highest BCUT2D eigenvalue weighted by Gasteiger charge is 2.36. The summed E-state index contributed by atoms with van der Waals surface area (Å²) in [5.74, 6) is 0.166. The van der Waals surface area contributed by atoms with Gasteiger partial charge in [-0.05, 0) is 51.2 Å². The number of carbonyl (C=O) groups is 1. The fourth-order valence-electron chi connectivity index (χ4n) is 5.06. The van der Waals surface area contributed by atoms with Gasteiger partial charge < -0.3 is 9.84 Å². The largest absolute Gasteiger partial charge is 0.355 e. The van der Waals surface area contributed by atoms with Crippen LogP contribution in [0.25, 0.3) is 12.2 Å². The van der Waals surface area contributed by atoms with Crippen molar-refractivity contribution in [1.29, 1.82) is 0 Å². The molecule has 1 saturated heterocycles. The van der Waals surface area contributed by atoms with Crippen LogP contribution in [0.2, 0.25) is 0 Å². The Balaban J connectivity index is 1.39. The van der Waals surface area contributed by atoms with Crippen LogP contribution < -0.4 is 5.32 Å². The molecule has 2 aromatic rings. The molecule has 4 rings (SSSR count). The molecule has 0 atom stereocenters. The molecule has 1 aromatic carbocycles. The molecule has 0 radical (unpaired) electrons. The molecule has 1 aliphatic heterocycles. The molecular formula is C27H37N3O4S. The second-order valence-electron chi connectivity index (χ2n) is 9.93. The Morgan fingerprint density at radius 1 is 0.971 bits per heavy atom. The lowest BCUT2D eigenvalue weighted by atomic mass is 9.94. The molecule has 1 aromatic heterocycles. The molecule has 1 aliphatic carbocycles. The minimum atomic E-state index is -3.78. The summed E-state index contributed by atoms with van der Waals surface area (Å²) in [6, 6.07) is 8.19. The standard InChI is InChI=1S/C27H37N3O4S/c1-20-10-12-22(13-11-20)14-15-25-26(21(2)29-34-25)35(32,33)30-18-16-23(17-19-30)27(31)28-24-8-6-4-3-5-7-9-24/h10-15,23-24H,3-9,16-19H2,1-2H3,(H,28,31). The Morgan fingerprint density at radius 2 is 1.60 bits per heavy atom. The second kappa shape index (κ2) is 11.5. The normalized spacial score (nSPS) is 19.5. The summed E-state index contributed by atoms with van der Waals surface area (Å²) in [5, 5.41) is 7.18. The van der Waals surface area contributed by atoms with E-state index in [4.69, 9.17) is 4.52 Å². The van der Waals surface area contributed by atoms with Crippen molar-refractivity contribution in [1.82, 2.24) is 14.8 Å². The molecule has 2 fully saturated rings. The number of rotatable bonds is 6. The lowest BCUT2D eigenvalue weighted by Gasteiger charge is -2.31. The van der Waals surface area contributed by atoms with Gasteiger partial charge in [-0.1, -0.05) is 73.2 Å². The van der Waals surface area contributed by atoms with Crippen molar-refractivity contribution in [3.05, 3.63) is 46.8 Å². The predicted octanol–water partition coefficient (Wildman–Crippen LogP) is 5.09. The van der Waals surface area contributed by atoms with E-state index in [0.29, 0.717) is 31.6 Å². The Labute approximate surface area is 209 Å². The first kappa shape index (κ1) is 25.6. The molecule has 190 valence electrons. The monoisotopic (exact) mass is 499 g/mol. The van der Waals surface area contributed by atoms with E-state index in [-0.39, 0.29) is 28.5 Å². The molecule has 2 aliphatic rings. The highest BCUT2D eigenvalue weighted by atomic mass is 32.2. The van der Waals surface area contributed by atoms with Crippen molar-refractivity contribution in [2.45, 2.75) is 82.6 Å². The van der Waals surface area contributed by atoms with Crippen molar-refractivity contribution >= 4 is 28.1 Å². The molecule has 35 heavy (non-hydrogen) atoms. The molecule has 0 bridgehead atoms. The van der Waals surface area contributed by atoms with E-state index in [1.54, 1.807) is 13.0 Å². The first-order chi connectivity index (χ1) is 16.8. The maximum atomic E-state index is 13.5. The summed E-state index contributed by atoms with van der Waals surface area (Å²) in [7, 11) is -3.78. The first-order valence-electron chi connectivity index (χ1n) is 12.9. The first-order valence-corrected chi connectivity index (χ1v) is 14.3. The third-order valence-electron chi connectivity index (χ3n) is 7.21. The highest BCUT2D eigenvalue weighted by Crippen LogP contribution is 2.29. The van der Waals surface area contributed by atoms with Gasteiger partial charge in [0.2, 0.25) is 15.9 Å². The minimum absolute atomic E-state index is 0.0792. The van der Waals surface area contributed by atoms with Crippen LogP contribution in [0.3, 0.4) is 0 Å². The number of amides is 1. The van der Waals surface area contributed by atoms with Gasteiger partial charge in [-0.2, -0.15) is 4.31 Å². The number of hydrogen-bond donors (Lipinski definition) is 1. The second-order valence-corrected chi connectivity index (χ2v) is 11.8. The molecule has 2 heterocycles. The van der Waals surface area contributed by atoms with Crippen LogP contribution in [0.15, 0.2) is 33.7 Å². The van der Waals surface area contributed by atoms with Gasteiger partial charge in [-0.25, -0.2) is 8.42 Å². The molecule has 8 heteroatoms. The number of nitrogens with zero attached hydrogens (tertiary/aromatic N) is 2. The van der Waals surface area contributed by atoms with Crippen LogP contribution in [0.4, 0.5) is 0 Å². The van der Waals surface area contributed by atoms with Crippen LogP contribution in [-0.2, 0) is 14.8 Å². The number of nitrogens with one attached hydrogen (secondary N) is 1. The van der Waals surface area contributed by atoms with E-state index in [0.717, 1.165) is 24.0 Å². The van der Waals surface area contributed by atoms with E-state index in [2.05, 4.69) is 10.5 Å². The Kier molecular flexibility index (Phi) is 8.44. The molecule has 1 amide bonds. The number of aryl methyl sites for hydroxylation is 2. The smallest absolute Gasteiger partial charge is 0.248 e. The van der Waals surface area contributed by atoms with E-state index in [9.17, 15) is 13.2 Å². The quantitative estimate of drug-likeness (QED) is 0.598. The van der Waals surface area contributed by atoms with Crippen LogP contribution >= 0.6 is 0 Å². The zero-order valence-corrected chi connectivity index (χ0v) is 21.6. The number of sulfonamides is 1. The van der Waals surface area contributed by atoms with Crippen LogP contribution in [-0.4, -0.2) is 42.9 Å². The summed E-state index contributed by atoms with van der Waals surface area (Å²) >= 11 is 0. The van der Waals surface area contributed by atoms with Gasteiger partial charge in [0.25, 0.3) is 0 Å². The van der Waals surface area contributed by atoms with Crippen molar-refractivity contribution in [3.63, 3.8) is 0 Å². The molecule has 0 spiro atoms. The third-order valence-corrected chi connectivity index (χ3v) is 9.27. The predicted molar refractivity (Wildman–Crippen MR) is 137 cm³/mol. The average Bonchev–Trinajstić information content (AvgIpc) is 3.21. The van der Waals surface area contributed by atoms with Gasteiger partial charge in [-0.3, -0.25) is 4.79 Å². The highest BCUT2D eigenvalue weighted by molar-refractivity contribution is 7.89. The molecule has 7 nitrogen and oxygen atoms in total. The van der Waals surface area contributed by atoms with Gasteiger partial charge in [0.05, 0.1) is 0 Å². The van der Waals surface area contributed by atoms with E-state index in [1.165, 1.54) is 36.4 Å². The molecule has 1 saturated carbocycles. The fourth-order valence-corrected chi connectivity index (χ4v) is 6.78. The maximum Gasteiger partial charge on any atom is 0.248 e. The van der Waals surface area contributed by atoms with Gasteiger partial charge in [-0.15, -0.1) is 0 Å². The Morgan fingerprint density at radius 3 is 2.26 bits per heavy atom. The summed E-state index contributed by atoms with van der Waals surface area (Å²) in [6.07, 6.45) is 12.7. The lowest BCUT2D eigenvalue weighted by molar-refractivity contribution is -0.127. The number of hydrogen-bond acceptors (Lipinski definition) is 5. The number of carbonyl (C=O) groups excluding carboxylic acids is 1. The maximum absolute atomic E-state index is 13.5. The van der Waals surface area contributed by atoms with Crippen molar-refractivity contribution in [2.24, 2.45) is 5.92 Å². The van der Waals surface area contributed by atoms with E-state index in [1.807, 2.05) is 37.3 Å². The fraction of sp³-hybridized carbons (Fsp3) is 0.556. The minimum Gasteiger partial charge on any atom is -0.355 e. The SMILES string of the molecule is Cc1ccc(C=Cc2onc(C)c2S(=O)(=O)N2CCC(C(=O)NC3CCCCCCC3)CC2)cc1. The third kappa shape index (κ3) is 6.41. The van der Waals surface area contributed by atoms with Crippen LogP contribution in [0.5, 0.6) is 0 Å². The van der Waals surface area contributed by atoms with Crippen molar-refractivity contribution < 1.29 is 17.7 Å². The van der Waals surface area contributed by atoms with Gasteiger partial charge in [0.1, 0.15) is 5.69 Å². The van der Waals surface area contributed by atoms with Crippen LogP contribution in [0.1, 0.15) is 80.4 Å². The summed E-state index contributed by atoms with van der Waals surface area (Å²) in [4.78, 5) is 13.0. The molecule has 0 unspecified atom stereocenters.